The number of fused-ring (bicyclic) bond motifs is 1. The summed E-state index contributed by atoms with van der Waals surface area (Å²) in [5.74, 6) is -2.51. The molecule has 1 spiro atoms. The zero-order valence-electron chi connectivity index (χ0n) is 19.5. The minimum Gasteiger partial charge on any atom is -0.394 e. The molecule has 1 aromatic rings. The van der Waals surface area contributed by atoms with Gasteiger partial charge in [0.2, 0.25) is 17.7 Å². The van der Waals surface area contributed by atoms with Crippen LogP contribution in [0.5, 0.6) is 0 Å². The number of para-hydroxylation sites is 1. The number of aryl methyl sites for hydroxylation is 1. The van der Waals surface area contributed by atoms with Crippen LogP contribution in [-0.2, 0) is 19.1 Å². The third-order valence-electron chi connectivity index (χ3n) is 7.37. The Balaban J connectivity index is 1.77. The number of benzene rings is 1. The molecule has 3 fully saturated rings. The number of hydrogen-bond acceptors (Lipinski definition) is 5. The van der Waals surface area contributed by atoms with E-state index in [1.165, 1.54) is 4.90 Å². The fourth-order valence-corrected chi connectivity index (χ4v) is 7.03. The Morgan fingerprint density at radius 3 is 2.71 bits per heavy atom. The molecule has 3 unspecified atom stereocenters. The van der Waals surface area contributed by atoms with Crippen molar-refractivity contribution in [2.75, 3.05) is 18.5 Å². The molecular formula is C24H31BrClN3O5. The van der Waals surface area contributed by atoms with Crippen molar-refractivity contribution in [3.63, 3.8) is 0 Å². The molecule has 3 heterocycles. The van der Waals surface area contributed by atoms with E-state index in [-0.39, 0.29) is 23.2 Å². The summed E-state index contributed by atoms with van der Waals surface area (Å²) in [6, 6.07) is 3.73. The number of aliphatic hydroxyl groups is 1. The number of carbonyl (C=O) groups is 3. The van der Waals surface area contributed by atoms with Crippen molar-refractivity contribution in [2.24, 2.45) is 11.8 Å². The summed E-state index contributed by atoms with van der Waals surface area (Å²) in [7, 11) is 0. The lowest BCUT2D eigenvalue weighted by Gasteiger charge is -2.36. The molecule has 0 aliphatic carbocycles. The smallest absolute Gasteiger partial charge is 0.250 e. The number of halogens is 2. The number of ether oxygens (including phenoxy) is 1. The van der Waals surface area contributed by atoms with Gasteiger partial charge >= 0.3 is 0 Å². The molecule has 1 aromatic carbocycles. The van der Waals surface area contributed by atoms with Gasteiger partial charge in [0.25, 0.3) is 0 Å². The number of alkyl halides is 1. The van der Waals surface area contributed by atoms with Gasteiger partial charge in [0.05, 0.1) is 41.3 Å². The summed E-state index contributed by atoms with van der Waals surface area (Å²) < 4.78 is 6.44. The van der Waals surface area contributed by atoms with Gasteiger partial charge in [-0.15, -0.1) is 0 Å². The molecule has 0 saturated carbocycles. The van der Waals surface area contributed by atoms with Gasteiger partial charge in [-0.05, 0) is 37.8 Å². The number of rotatable bonds is 8. The normalized spacial score (nSPS) is 32.6. The second kappa shape index (κ2) is 9.76. The quantitative estimate of drug-likeness (QED) is 0.427. The SMILES string of the molecule is CCCNC(=O)[C@H]1[C@H]2C(=O)N([C@@H](CC)CO)C(C(=O)Nc3c(C)cccc3Cl)C23CC(Br)[C@@H]1O3. The number of carbonyl (C=O) groups excluding carboxylic acids is 3. The highest BCUT2D eigenvalue weighted by molar-refractivity contribution is 9.09. The molecule has 0 aromatic heterocycles. The van der Waals surface area contributed by atoms with Gasteiger partial charge < -0.3 is 25.4 Å². The van der Waals surface area contributed by atoms with Crippen LogP contribution in [0, 0.1) is 18.8 Å². The van der Waals surface area contributed by atoms with Crippen molar-refractivity contribution >= 4 is 50.9 Å². The van der Waals surface area contributed by atoms with Crippen LogP contribution in [0.2, 0.25) is 5.02 Å². The second-order valence-electron chi connectivity index (χ2n) is 9.37. The monoisotopic (exact) mass is 555 g/mol. The maximum atomic E-state index is 13.9. The Hall–Kier alpha value is -1.68. The fraction of sp³-hybridized carbons (Fsp3) is 0.625. The van der Waals surface area contributed by atoms with Crippen molar-refractivity contribution in [2.45, 2.75) is 68.6 Å². The fourth-order valence-electron chi connectivity index (χ4n) is 5.82. The van der Waals surface area contributed by atoms with Gasteiger partial charge in [-0.1, -0.05) is 53.5 Å². The van der Waals surface area contributed by atoms with Crippen LogP contribution in [0.1, 0.15) is 38.7 Å². The molecule has 3 aliphatic rings. The van der Waals surface area contributed by atoms with Gasteiger partial charge in [0.1, 0.15) is 11.6 Å². The third kappa shape index (κ3) is 3.85. The standard InChI is InChI=1S/C24H31BrClN3O5/c1-4-9-27-21(31)16-17-23(33)29(13(5-2)11-30)20(24(17)10-14(25)19(16)34-24)22(32)28-18-12(3)7-6-8-15(18)26/h6-8,13-14,16-17,19-20,30H,4-5,9-11H2,1-3H3,(H,27,31)(H,28,32)/t13-,14?,16-,17-,19-,20?,24?/m0/s1. The van der Waals surface area contributed by atoms with Crippen LogP contribution >= 0.6 is 27.5 Å². The lowest BCUT2D eigenvalue weighted by molar-refractivity contribution is -0.144. The molecular weight excluding hydrogens is 526 g/mol. The maximum absolute atomic E-state index is 13.9. The second-order valence-corrected chi connectivity index (χ2v) is 10.9. The van der Waals surface area contributed by atoms with Crippen LogP contribution < -0.4 is 10.6 Å². The van der Waals surface area contributed by atoms with Crippen molar-refractivity contribution < 1.29 is 24.2 Å². The van der Waals surface area contributed by atoms with E-state index in [0.717, 1.165) is 12.0 Å². The number of aliphatic hydroxyl groups excluding tert-OH is 1. The minimum absolute atomic E-state index is 0.180. The van der Waals surface area contributed by atoms with Gasteiger partial charge in [-0.25, -0.2) is 0 Å². The van der Waals surface area contributed by atoms with Crippen LogP contribution in [-0.4, -0.2) is 69.5 Å². The van der Waals surface area contributed by atoms with Gasteiger partial charge in [0.15, 0.2) is 0 Å². The number of amides is 3. The van der Waals surface area contributed by atoms with Crippen molar-refractivity contribution in [3.05, 3.63) is 28.8 Å². The average Bonchev–Trinajstić information content (AvgIpc) is 3.39. The first kappa shape index (κ1) is 25.4. The lowest BCUT2D eigenvalue weighted by Crippen LogP contribution is -2.56. The van der Waals surface area contributed by atoms with Crippen LogP contribution in [0.4, 0.5) is 5.69 Å². The first-order valence-electron chi connectivity index (χ1n) is 11.8. The number of nitrogens with zero attached hydrogens (tertiary/aromatic N) is 1. The molecule has 8 nitrogen and oxygen atoms in total. The van der Waals surface area contributed by atoms with E-state index in [0.29, 0.717) is 30.1 Å². The minimum atomic E-state index is -1.17. The summed E-state index contributed by atoms with van der Waals surface area (Å²) in [6.45, 7) is 5.84. The summed E-state index contributed by atoms with van der Waals surface area (Å²) in [6.07, 6.45) is 1.11. The summed E-state index contributed by atoms with van der Waals surface area (Å²) in [4.78, 5) is 42.1. The number of likely N-dealkylation sites (tertiary alicyclic amines) is 1. The third-order valence-corrected chi connectivity index (χ3v) is 8.53. The molecule has 3 saturated heterocycles. The van der Waals surface area contributed by atoms with Crippen LogP contribution in [0.25, 0.3) is 0 Å². The average molecular weight is 557 g/mol. The number of anilines is 1. The molecule has 2 bridgehead atoms. The zero-order chi connectivity index (χ0) is 24.8. The number of hydrogen-bond donors (Lipinski definition) is 3. The Labute approximate surface area is 212 Å². The highest BCUT2D eigenvalue weighted by atomic mass is 79.9. The van der Waals surface area contributed by atoms with E-state index in [4.69, 9.17) is 16.3 Å². The summed E-state index contributed by atoms with van der Waals surface area (Å²) >= 11 is 10.0. The van der Waals surface area contributed by atoms with Gasteiger partial charge in [-0.3, -0.25) is 14.4 Å². The zero-order valence-corrected chi connectivity index (χ0v) is 21.9. The molecule has 186 valence electrons. The van der Waals surface area contributed by atoms with Crippen LogP contribution in [0.15, 0.2) is 18.2 Å². The molecule has 34 heavy (non-hydrogen) atoms. The number of nitrogens with one attached hydrogen (secondary N) is 2. The summed E-state index contributed by atoms with van der Waals surface area (Å²) in [5.41, 5.74) is 0.0804. The van der Waals surface area contributed by atoms with E-state index >= 15 is 0 Å². The Kier molecular flexibility index (Phi) is 7.29. The van der Waals surface area contributed by atoms with E-state index in [9.17, 15) is 19.5 Å². The van der Waals surface area contributed by atoms with E-state index < -0.39 is 41.5 Å². The molecule has 3 amide bonds. The Bertz CT molecular complexity index is 969. The molecule has 3 N–H and O–H groups in total. The van der Waals surface area contributed by atoms with Crippen molar-refractivity contribution in [1.82, 2.24) is 10.2 Å². The Morgan fingerprint density at radius 2 is 2.09 bits per heavy atom. The van der Waals surface area contributed by atoms with E-state index in [2.05, 4.69) is 26.6 Å². The molecule has 7 atom stereocenters. The highest BCUT2D eigenvalue weighted by Gasteiger charge is 2.76. The highest BCUT2D eigenvalue weighted by Crippen LogP contribution is 2.60. The predicted molar refractivity (Wildman–Crippen MR) is 132 cm³/mol. The lowest BCUT2D eigenvalue weighted by atomic mass is 9.70. The van der Waals surface area contributed by atoms with Crippen molar-refractivity contribution in [1.29, 1.82) is 0 Å². The Morgan fingerprint density at radius 1 is 1.35 bits per heavy atom. The van der Waals surface area contributed by atoms with Gasteiger partial charge in [-0.2, -0.15) is 0 Å². The van der Waals surface area contributed by atoms with E-state index in [1.807, 2.05) is 26.8 Å². The largest absolute Gasteiger partial charge is 0.394 e. The van der Waals surface area contributed by atoms with Crippen molar-refractivity contribution in [3.8, 4) is 0 Å². The van der Waals surface area contributed by atoms with Crippen LogP contribution in [0.3, 0.4) is 0 Å². The van der Waals surface area contributed by atoms with Gasteiger partial charge in [0, 0.05) is 11.4 Å². The van der Waals surface area contributed by atoms with E-state index in [1.54, 1.807) is 12.1 Å². The topological polar surface area (TPSA) is 108 Å². The first-order valence-corrected chi connectivity index (χ1v) is 13.1. The molecule has 3 aliphatic heterocycles. The summed E-state index contributed by atoms with van der Waals surface area (Å²) in [5, 5.41) is 16.3. The molecule has 0 radical (unpaired) electrons. The molecule has 10 heteroatoms. The first-order chi connectivity index (χ1) is 16.2. The predicted octanol–water partition coefficient (Wildman–Crippen LogP) is 2.63. The molecule has 4 rings (SSSR count). The maximum Gasteiger partial charge on any atom is 0.250 e.